The lowest BCUT2D eigenvalue weighted by Gasteiger charge is -2.01. The average Bonchev–Trinajstić information content (AvgIpc) is 2.75. The van der Waals surface area contributed by atoms with E-state index in [0.29, 0.717) is 16.4 Å². The first-order valence-electron chi connectivity index (χ1n) is 5.96. The lowest BCUT2D eigenvalue weighted by molar-refractivity contribution is -0.384. The number of anilines is 1. The Morgan fingerprint density at radius 2 is 2.20 bits per heavy atom. The molecule has 0 amide bonds. The monoisotopic (exact) mass is 290 g/mol. The third-order valence-electron chi connectivity index (χ3n) is 2.82. The Kier molecular flexibility index (Phi) is 4.09. The number of hydrazone groups is 1. The Bertz CT molecular complexity index is 659. The lowest BCUT2D eigenvalue weighted by Crippen LogP contribution is -2.00. The molecule has 1 aromatic heterocycles. The van der Waals surface area contributed by atoms with Crippen molar-refractivity contribution in [2.24, 2.45) is 5.10 Å². The second-order valence-electron chi connectivity index (χ2n) is 4.28. The molecule has 0 fully saturated rings. The van der Waals surface area contributed by atoms with E-state index in [4.69, 9.17) is 0 Å². The first-order valence-corrected chi connectivity index (χ1v) is 6.78. The number of nitro benzene ring substituents is 1. The van der Waals surface area contributed by atoms with Crippen molar-refractivity contribution in [3.8, 4) is 0 Å². The SMILES string of the molecule is CC(=NNc1nc(C)c(C)s1)c1cccc([N+](=O)[O-])c1. The molecule has 0 spiro atoms. The molecule has 0 saturated heterocycles. The third kappa shape index (κ3) is 3.18. The number of non-ortho nitro benzene ring substituents is 1. The molecule has 0 saturated carbocycles. The summed E-state index contributed by atoms with van der Waals surface area (Å²) in [6.07, 6.45) is 0. The zero-order valence-corrected chi connectivity index (χ0v) is 12.2. The van der Waals surface area contributed by atoms with E-state index < -0.39 is 4.92 Å². The molecular weight excluding hydrogens is 276 g/mol. The van der Waals surface area contributed by atoms with Crippen molar-refractivity contribution in [3.63, 3.8) is 0 Å². The number of nitro groups is 1. The predicted octanol–water partition coefficient (Wildman–Crippen LogP) is 3.50. The Labute approximate surface area is 120 Å². The van der Waals surface area contributed by atoms with Gasteiger partial charge in [-0.1, -0.05) is 12.1 Å². The summed E-state index contributed by atoms with van der Waals surface area (Å²) in [5.41, 5.74) is 5.28. The van der Waals surface area contributed by atoms with Crippen LogP contribution < -0.4 is 5.43 Å². The second-order valence-corrected chi connectivity index (χ2v) is 5.48. The number of hydrogen-bond acceptors (Lipinski definition) is 6. The minimum Gasteiger partial charge on any atom is -0.258 e. The van der Waals surface area contributed by atoms with Crippen molar-refractivity contribution < 1.29 is 4.92 Å². The summed E-state index contributed by atoms with van der Waals surface area (Å²) < 4.78 is 0. The topological polar surface area (TPSA) is 80.4 Å². The van der Waals surface area contributed by atoms with Crippen molar-refractivity contribution in [1.29, 1.82) is 0 Å². The number of thiazole rings is 1. The smallest absolute Gasteiger partial charge is 0.258 e. The van der Waals surface area contributed by atoms with Gasteiger partial charge in [0.25, 0.3) is 5.69 Å². The highest BCUT2D eigenvalue weighted by Crippen LogP contribution is 2.21. The summed E-state index contributed by atoms with van der Waals surface area (Å²) in [7, 11) is 0. The van der Waals surface area contributed by atoms with Gasteiger partial charge in [-0.25, -0.2) is 4.98 Å². The fraction of sp³-hybridized carbons (Fsp3) is 0.231. The van der Waals surface area contributed by atoms with E-state index in [2.05, 4.69) is 15.5 Å². The van der Waals surface area contributed by atoms with Gasteiger partial charge in [-0.2, -0.15) is 5.10 Å². The predicted molar refractivity (Wildman–Crippen MR) is 80.5 cm³/mol. The highest BCUT2D eigenvalue weighted by atomic mass is 32.1. The van der Waals surface area contributed by atoms with Crippen molar-refractivity contribution in [3.05, 3.63) is 50.5 Å². The summed E-state index contributed by atoms with van der Waals surface area (Å²) >= 11 is 1.52. The molecule has 0 unspecified atom stereocenters. The highest BCUT2D eigenvalue weighted by Gasteiger charge is 2.08. The first kappa shape index (κ1) is 14.1. The maximum Gasteiger partial charge on any atom is 0.270 e. The van der Waals surface area contributed by atoms with Crippen LogP contribution in [0.2, 0.25) is 0 Å². The van der Waals surface area contributed by atoms with Gasteiger partial charge in [-0.15, -0.1) is 11.3 Å². The Morgan fingerprint density at radius 1 is 1.45 bits per heavy atom. The van der Waals surface area contributed by atoms with Gasteiger partial charge in [0.1, 0.15) is 0 Å². The van der Waals surface area contributed by atoms with Crippen molar-refractivity contribution in [2.45, 2.75) is 20.8 Å². The fourth-order valence-corrected chi connectivity index (χ4v) is 2.32. The minimum absolute atomic E-state index is 0.0537. The summed E-state index contributed by atoms with van der Waals surface area (Å²) in [6, 6.07) is 6.38. The van der Waals surface area contributed by atoms with E-state index in [-0.39, 0.29) is 5.69 Å². The van der Waals surface area contributed by atoms with E-state index in [1.807, 2.05) is 13.8 Å². The molecule has 2 rings (SSSR count). The third-order valence-corrected chi connectivity index (χ3v) is 3.80. The van der Waals surface area contributed by atoms with E-state index in [1.165, 1.54) is 23.5 Å². The summed E-state index contributed by atoms with van der Waals surface area (Å²) in [6.45, 7) is 5.73. The number of benzene rings is 1. The van der Waals surface area contributed by atoms with Crippen LogP contribution in [0.5, 0.6) is 0 Å². The van der Waals surface area contributed by atoms with Gasteiger partial charge >= 0.3 is 0 Å². The second kappa shape index (κ2) is 5.79. The zero-order chi connectivity index (χ0) is 14.7. The van der Waals surface area contributed by atoms with E-state index in [0.717, 1.165) is 10.6 Å². The lowest BCUT2D eigenvalue weighted by atomic mass is 10.1. The van der Waals surface area contributed by atoms with Crippen LogP contribution in [-0.4, -0.2) is 15.6 Å². The summed E-state index contributed by atoms with van der Waals surface area (Å²) in [4.78, 5) is 15.8. The number of nitrogens with one attached hydrogen (secondary N) is 1. The number of hydrogen-bond donors (Lipinski definition) is 1. The van der Waals surface area contributed by atoms with Gasteiger partial charge < -0.3 is 0 Å². The van der Waals surface area contributed by atoms with Gasteiger partial charge in [0.2, 0.25) is 5.13 Å². The van der Waals surface area contributed by atoms with Gasteiger partial charge in [0, 0.05) is 22.6 Å². The quantitative estimate of drug-likeness (QED) is 0.531. The Balaban J connectivity index is 2.18. The standard InChI is InChI=1S/C13H14N4O2S/c1-8-10(3)20-13(14-8)16-15-9(2)11-5-4-6-12(7-11)17(18)19/h4-7H,1-3H3,(H,14,16). The van der Waals surface area contributed by atoms with Gasteiger partial charge in [0.15, 0.2) is 0 Å². The fourth-order valence-electron chi connectivity index (χ4n) is 1.56. The maximum atomic E-state index is 10.7. The van der Waals surface area contributed by atoms with E-state index in [9.17, 15) is 10.1 Å². The van der Waals surface area contributed by atoms with E-state index >= 15 is 0 Å². The van der Waals surface area contributed by atoms with Crippen molar-refractivity contribution >= 4 is 27.9 Å². The molecule has 0 atom stereocenters. The Morgan fingerprint density at radius 3 is 2.80 bits per heavy atom. The van der Waals surface area contributed by atoms with Crippen molar-refractivity contribution in [1.82, 2.24) is 4.98 Å². The van der Waals surface area contributed by atoms with Crippen LogP contribution in [0.1, 0.15) is 23.1 Å². The maximum absolute atomic E-state index is 10.7. The molecule has 0 bridgehead atoms. The molecule has 1 N–H and O–H groups in total. The van der Waals surface area contributed by atoms with Crippen LogP contribution in [0, 0.1) is 24.0 Å². The minimum atomic E-state index is -0.419. The van der Waals surface area contributed by atoms with Gasteiger partial charge in [-0.3, -0.25) is 15.5 Å². The van der Waals surface area contributed by atoms with E-state index in [1.54, 1.807) is 19.1 Å². The Hall–Kier alpha value is -2.28. The molecular formula is C13H14N4O2S. The van der Waals surface area contributed by atoms with Crippen LogP contribution in [0.4, 0.5) is 10.8 Å². The van der Waals surface area contributed by atoms with Crippen LogP contribution in [0.3, 0.4) is 0 Å². The summed E-state index contributed by atoms with van der Waals surface area (Å²) in [5, 5.41) is 15.7. The largest absolute Gasteiger partial charge is 0.270 e. The van der Waals surface area contributed by atoms with Crippen molar-refractivity contribution in [2.75, 3.05) is 5.43 Å². The molecule has 1 aromatic carbocycles. The molecule has 104 valence electrons. The number of rotatable bonds is 4. The number of nitrogens with zero attached hydrogens (tertiary/aromatic N) is 3. The van der Waals surface area contributed by atoms with Crippen LogP contribution in [0.15, 0.2) is 29.4 Å². The normalized spacial score (nSPS) is 11.4. The molecule has 0 aliphatic carbocycles. The van der Waals surface area contributed by atoms with Crippen LogP contribution in [0.25, 0.3) is 0 Å². The molecule has 0 aliphatic rings. The average molecular weight is 290 g/mol. The molecule has 0 aliphatic heterocycles. The molecule has 1 heterocycles. The molecule has 2 aromatic rings. The zero-order valence-electron chi connectivity index (χ0n) is 11.4. The molecule has 7 heteroatoms. The first-order chi connectivity index (χ1) is 9.47. The van der Waals surface area contributed by atoms with Gasteiger partial charge in [-0.05, 0) is 20.8 Å². The molecule has 0 radical (unpaired) electrons. The number of aromatic nitrogens is 1. The number of aryl methyl sites for hydroxylation is 2. The summed E-state index contributed by atoms with van der Waals surface area (Å²) in [5.74, 6) is 0. The van der Waals surface area contributed by atoms with Gasteiger partial charge in [0.05, 0.1) is 16.3 Å². The molecule has 20 heavy (non-hydrogen) atoms. The highest BCUT2D eigenvalue weighted by molar-refractivity contribution is 7.15. The van der Waals surface area contributed by atoms with Crippen LogP contribution in [-0.2, 0) is 0 Å². The van der Waals surface area contributed by atoms with Crippen LogP contribution >= 0.6 is 11.3 Å². The molecule has 6 nitrogen and oxygen atoms in total.